The van der Waals surface area contributed by atoms with Gasteiger partial charge in [0, 0.05) is 12.5 Å². The molecule has 9 nitrogen and oxygen atoms in total. The fraction of sp³-hybridized carbons (Fsp3) is 0.353. The summed E-state index contributed by atoms with van der Waals surface area (Å²) < 4.78 is 25.5. The lowest BCUT2D eigenvalue weighted by Gasteiger charge is -2.10. The second-order valence-electron chi connectivity index (χ2n) is 5.93. The van der Waals surface area contributed by atoms with E-state index in [0.717, 1.165) is 12.1 Å². The van der Waals surface area contributed by atoms with Crippen molar-refractivity contribution >= 4 is 27.0 Å². The number of non-ortho nitro benzene ring substituents is 1. The van der Waals surface area contributed by atoms with Gasteiger partial charge in [-0.25, -0.2) is 8.42 Å². The summed E-state index contributed by atoms with van der Waals surface area (Å²) in [4.78, 5) is 31.2. The summed E-state index contributed by atoms with van der Waals surface area (Å²) >= 11 is 0. The van der Waals surface area contributed by atoms with E-state index >= 15 is 0 Å². The van der Waals surface area contributed by atoms with Crippen LogP contribution in [0, 0.1) is 20.2 Å². The molecule has 0 heterocycles. The van der Waals surface area contributed by atoms with Crippen LogP contribution in [0.1, 0.15) is 34.1 Å². The average Bonchev–Trinajstić information content (AvgIpc) is 2.59. The van der Waals surface area contributed by atoms with Crippen LogP contribution in [0.25, 0.3) is 0 Å². The van der Waals surface area contributed by atoms with Gasteiger partial charge in [-0.15, -0.1) is 0 Å². The Morgan fingerprint density at radius 3 is 2.26 bits per heavy atom. The van der Waals surface area contributed by atoms with E-state index in [9.17, 15) is 33.4 Å². The molecular formula is C17H20N2O7S. The minimum atomic E-state index is -4.17. The predicted octanol–water partition coefficient (Wildman–Crippen LogP) is 3.54. The number of benzene rings is 1. The van der Waals surface area contributed by atoms with Crippen LogP contribution in [0.4, 0.5) is 11.4 Å². The minimum Gasteiger partial charge on any atom is -0.295 e. The third-order valence-corrected chi connectivity index (χ3v) is 5.92. The lowest BCUT2D eigenvalue weighted by molar-refractivity contribution is -0.396. The molecule has 0 radical (unpaired) electrons. The van der Waals surface area contributed by atoms with Crippen molar-refractivity contribution in [2.24, 2.45) is 0 Å². The van der Waals surface area contributed by atoms with Crippen molar-refractivity contribution in [3.8, 4) is 0 Å². The van der Waals surface area contributed by atoms with Crippen LogP contribution in [0.5, 0.6) is 0 Å². The van der Waals surface area contributed by atoms with Crippen molar-refractivity contribution in [3.63, 3.8) is 0 Å². The van der Waals surface area contributed by atoms with Gasteiger partial charge in [0.25, 0.3) is 11.4 Å². The lowest BCUT2D eigenvalue weighted by atomic mass is 10.1. The highest BCUT2D eigenvalue weighted by molar-refractivity contribution is 7.92. The number of sulfone groups is 1. The Bertz CT molecular complexity index is 946. The number of carbonyl (C=O) groups is 1. The minimum absolute atomic E-state index is 0.0794. The first kappa shape index (κ1) is 22.2. The van der Waals surface area contributed by atoms with Gasteiger partial charge in [0.15, 0.2) is 15.6 Å². The van der Waals surface area contributed by atoms with Crippen LogP contribution in [0.3, 0.4) is 0 Å². The molecular weight excluding hydrogens is 376 g/mol. The first-order valence-electron chi connectivity index (χ1n) is 7.98. The molecule has 0 saturated heterocycles. The van der Waals surface area contributed by atoms with E-state index in [1.807, 2.05) is 0 Å². The first-order chi connectivity index (χ1) is 12.4. The SMILES string of the molecule is CCC(=O)/C(C)=C/C(C)=C/C(C)S(=O)(=O)c1ccc([N+](=O)[O-])cc1[N+](=O)[O-]. The van der Waals surface area contributed by atoms with Crippen molar-refractivity contribution in [2.45, 2.75) is 44.3 Å². The molecule has 0 saturated carbocycles. The zero-order valence-corrected chi connectivity index (χ0v) is 16.1. The third-order valence-electron chi connectivity index (χ3n) is 3.85. The summed E-state index contributed by atoms with van der Waals surface area (Å²) in [5.41, 5.74) is -0.446. The molecule has 1 aromatic rings. The molecule has 0 fully saturated rings. The van der Waals surface area contributed by atoms with Crippen molar-refractivity contribution < 1.29 is 23.1 Å². The molecule has 0 spiro atoms. The van der Waals surface area contributed by atoms with E-state index in [2.05, 4.69) is 0 Å². The van der Waals surface area contributed by atoms with E-state index in [1.54, 1.807) is 26.8 Å². The largest absolute Gasteiger partial charge is 0.295 e. The number of ketones is 1. The standard InChI is InChI=1S/C17H20N2O7S/c1-5-16(20)12(3)8-11(2)9-13(4)27(25,26)17-7-6-14(18(21)22)10-15(17)19(23)24/h6-10,13H,5H2,1-4H3/b11-9+,12-8+. The summed E-state index contributed by atoms with van der Waals surface area (Å²) in [6.07, 6.45) is 3.23. The van der Waals surface area contributed by atoms with Gasteiger partial charge in [-0.2, -0.15) is 0 Å². The van der Waals surface area contributed by atoms with Gasteiger partial charge in [-0.3, -0.25) is 25.0 Å². The fourth-order valence-electron chi connectivity index (χ4n) is 2.41. The highest BCUT2D eigenvalue weighted by atomic mass is 32.2. The molecule has 1 unspecified atom stereocenters. The number of hydrogen-bond donors (Lipinski definition) is 0. The zero-order chi connectivity index (χ0) is 20.9. The number of nitro benzene ring substituents is 2. The smallest absolute Gasteiger partial charge is 0.294 e. The van der Waals surface area contributed by atoms with Crippen LogP contribution < -0.4 is 0 Å². The number of allylic oxidation sites excluding steroid dienone is 3. The molecule has 0 aliphatic carbocycles. The molecule has 0 aliphatic heterocycles. The van der Waals surface area contributed by atoms with E-state index in [1.165, 1.54) is 13.0 Å². The molecule has 0 bridgehead atoms. The quantitative estimate of drug-likeness (QED) is 0.283. The average molecular weight is 396 g/mol. The van der Waals surface area contributed by atoms with Gasteiger partial charge in [0.2, 0.25) is 0 Å². The fourth-order valence-corrected chi connectivity index (χ4v) is 3.89. The summed E-state index contributed by atoms with van der Waals surface area (Å²) in [6, 6.07) is 2.40. The van der Waals surface area contributed by atoms with E-state index < -0.39 is 41.2 Å². The van der Waals surface area contributed by atoms with E-state index in [-0.39, 0.29) is 5.78 Å². The van der Waals surface area contributed by atoms with Crippen molar-refractivity contribution in [3.05, 3.63) is 61.7 Å². The van der Waals surface area contributed by atoms with Gasteiger partial charge >= 0.3 is 0 Å². The van der Waals surface area contributed by atoms with Gasteiger partial charge in [0.1, 0.15) is 4.90 Å². The zero-order valence-electron chi connectivity index (χ0n) is 15.3. The van der Waals surface area contributed by atoms with Gasteiger partial charge < -0.3 is 0 Å². The highest BCUT2D eigenvalue weighted by Crippen LogP contribution is 2.31. The number of rotatable bonds is 8. The molecule has 1 atom stereocenters. The van der Waals surface area contributed by atoms with Gasteiger partial charge in [-0.1, -0.05) is 24.6 Å². The van der Waals surface area contributed by atoms with Crippen LogP contribution >= 0.6 is 0 Å². The van der Waals surface area contributed by atoms with Crippen LogP contribution in [0.2, 0.25) is 0 Å². The second kappa shape index (κ2) is 8.67. The normalized spacial score (nSPS) is 13.9. The second-order valence-corrected chi connectivity index (χ2v) is 8.20. The van der Waals surface area contributed by atoms with Crippen LogP contribution in [-0.4, -0.2) is 29.3 Å². The molecule has 27 heavy (non-hydrogen) atoms. The Morgan fingerprint density at radius 2 is 1.78 bits per heavy atom. The molecule has 146 valence electrons. The maximum Gasteiger partial charge on any atom is 0.294 e. The lowest BCUT2D eigenvalue weighted by Crippen LogP contribution is -2.17. The molecule has 10 heteroatoms. The summed E-state index contributed by atoms with van der Waals surface area (Å²) in [5.74, 6) is -0.0794. The summed E-state index contributed by atoms with van der Waals surface area (Å²) in [6.45, 7) is 6.28. The maximum atomic E-state index is 12.7. The monoisotopic (exact) mass is 396 g/mol. The molecule has 0 aliphatic rings. The molecule has 0 aromatic heterocycles. The number of nitro groups is 2. The number of nitrogens with zero attached hydrogens (tertiary/aromatic N) is 2. The van der Waals surface area contributed by atoms with E-state index in [4.69, 9.17) is 0 Å². The van der Waals surface area contributed by atoms with E-state index in [0.29, 0.717) is 23.6 Å². The topological polar surface area (TPSA) is 137 Å². The van der Waals surface area contributed by atoms with Gasteiger partial charge in [-0.05, 0) is 32.4 Å². The van der Waals surface area contributed by atoms with Crippen LogP contribution in [-0.2, 0) is 14.6 Å². The number of carbonyl (C=O) groups excluding carboxylic acids is 1. The van der Waals surface area contributed by atoms with Crippen molar-refractivity contribution in [1.29, 1.82) is 0 Å². The number of Topliss-reactive ketones (excluding diaryl/α,β-unsaturated/α-hetero) is 1. The van der Waals surface area contributed by atoms with Crippen molar-refractivity contribution in [2.75, 3.05) is 0 Å². The third kappa shape index (κ3) is 5.30. The molecule has 0 amide bonds. The molecule has 0 N–H and O–H groups in total. The Labute approximate surface area is 156 Å². The molecule has 1 aromatic carbocycles. The van der Waals surface area contributed by atoms with Gasteiger partial charge in [0.05, 0.1) is 21.2 Å². The predicted molar refractivity (Wildman–Crippen MR) is 99.2 cm³/mol. The molecule has 1 rings (SSSR count). The Hall–Kier alpha value is -2.88. The van der Waals surface area contributed by atoms with Crippen LogP contribution in [0.15, 0.2) is 46.4 Å². The Kier molecular flexibility index (Phi) is 7.12. The summed E-state index contributed by atoms with van der Waals surface area (Å²) in [7, 11) is -4.17. The van der Waals surface area contributed by atoms with Crippen molar-refractivity contribution in [1.82, 2.24) is 0 Å². The Morgan fingerprint density at radius 1 is 1.19 bits per heavy atom. The summed E-state index contributed by atoms with van der Waals surface area (Å²) in [5, 5.41) is 20.8. The Balaban J connectivity index is 3.38. The first-order valence-corrected chi connectivity index (χ1v) is 9.53. The maximum absolute atomic E-state index is 12.7. The number of hydrogen-bond acceptors (Lipinski definition) is 7. The highest BCUT2D eigenvalue weighted by Gasteiger charge is 2.31.